The van der Waals surface area contributed by atoms with Crippen LogP contribution in [0.1, 0.15) is 68.7 Å². The van der Waals surface area contributed by atoms with E-state index in [0.29, 0.717) is 25.1 Å². The predicted octanol–water partition coefficient (Wildman–Crippen LogP) is 4.88. The van der Waals surface area contributed by atoms with Crippen molar-refractivity contribution in [1.29, 1.82) is 0 Å². The van der Waals surface area contributed by atoms with Gasteiger partial charge in [0.1, 0.15) is 6.04 Å². The van der Waals surface area contributed by atoms with Crippen LogP contribution >= 0.6 is 0 Å². The Labute approximate surface area is 223 Å². The lowest BCUT2D eigenvalue weighted by atomic mass is 10.1. The lowest BCUT2D eigenvalue weighted by Crippen LogP contribution is -2.50. The molecule has 0 unspecified atom stereocenters. The molecule has 0 aliphatic carbocycles. The predicted molar refractivity (Wildman–Crippen MR) is 151 cm³/mol. The summed E-state index contributed by atoms with van der Waals surface area (Å²) in [5.74, 6) is -0.326. The van der Waals surface area contributed by atoms with E-state index < -0.39 is 16.1 Å². The van der Waals surface area contributed by atoms with Gasteiger partial charge >= 0.3 is 0 Å². The topological polar surface area (TPSA) is 86.8 Å². The molecule has 0 heterocycles. The minimum Gasteiger partial charge on any atom is -0.352 e. The van der Waals surface area contributed by atoms with Crippen molar-refractivity contribution in [3.05, 3.63) is 64.7 Å². The third-order valence-electron chi connectivity index (χ3n) is 6.47. The van der Waals surface area contributed by atoms with Crippen molar-refractivity contribution in [2.45, 2.75) is 85.9 Å². The number of nitrogens with zero attached hydrogens (tertiary/aromatic N) is 2. The van der Waals surface area contributed by atoms with Crippen LogP contribution in [0.2, 0.25) is 0 Å². The van der Waals surface area contributed by atoms with E-state index in [2.05, 4.69) is 5.32 Å². The van der Waals surface area contributed by atoms with Crippen molar-refractivity contribution in [3.63, 3.8) is 0 Å². The van der Waals surface area contributed by atoms with Gasteiger partial charge in [0.25, 0.3) is 0 Å². The second kappa shape index (κ2) is 13.6. The van der Waals surface area contributed by atoms with Crippen LogP contribution in [0.25, 0.3) is 0 Å². The first kappa shape index (κ1) is 30.4. The number of carbonyl (C=O) groups is 2. The SMILES string of the molecule is CC[C@@H](C)NC(=O)[C@H](CC)N(Cc1cccc(C)c1)C(=O)CCCN(c1cc(C)cc(C)c1)S(C)(=O)=O. The fraction of sp³-hybridized carbons (Fsp3) is 0.517. The lowest BCUT2D eigenvalue weighted by Gasteiger charge is -2.32. The van der Waals surface area contributed by atoms with Crippen LogP contribution in [0.15, 0.2) is 42.5 Å². The second-order valence-electron chi connectivity index (χ2n) is 10.0. The summed E-state index contributed by atoms with van der Waals surface area (Å²) in [6.45, 7) is 12.2. The van der Waals surface area contributed by atoms with Crippen molar-refractivity contribution >= 4 is 27.5 Å². The summed E-state index contributed by atoms with van der Waals surface area (Å²) in [5, 5.41) is 3.02. The number of nitrogens with one attached hydrogen (secondary N) is 1. The van der Waals surface area contributed by atoms with Crippen molar-refractivity contribution in [2.75, 3.05) is 17.1 Å². The van der Waals surface area contributed by atoms with E-state index in [9.17, 15) is 18.0 Å². The number of benzene rings is 2. The number of aryl methyl sites for hydroxylation is 3. The minimum absolute atomic E-state index is 0.0126. The van der Waals surface area contributed by atoms with Crippen molar-refractivity contribution < 1.29 is 18.0 Å². The molecule has 0 aliphatic heterocycles. The first-order chi connectivity index (χ1) is 17.3. The van der Waals surface area contributed by atoms with E-state index in [1.54, 1.807) is 4.90 Å². The number of hydrogen-bond donors (Lipinski definition) is 1. The second-order valence-corrected chi connectivity index (χ2v) is 11.9. The standard InChI is InChI=1S/C29H43N3O4S/c1-8-24(6)30-29(34)27(9-2)31(20-25-13-10-12-21(3)17-25)28(33)14-11-15-32(37(7,35)36)26-18-22(4)16-23(5)19-26/h10,12-13,16-19,24,27H,8-9,11,14-15,20H2,1-7H3,(H,30,34)/t24-,27+/m1/s1. The number of sulfonamides is 1. The molecule has 0 radical (unpaired) electrons. The summed E-state index contributed by atoms with van der Waals surface area (Å²) in [5.41, 5.74) is 4.59. The van der Waals surface area contributed by atoms with Crippen LogP contribution in [0.4, 0.5) is 5.69 Å². The molecule has 7 nitrogen and oxygen atoms in total. The van der Waals surface area contributed by atoms with E-state index >= 15 is 0 Å². The fourth-order valence-corrected chi connectivity index (χ4v) is 5.42. The van der Waals surface area contributed by atoms with Crippen LogP contribution in [-0.2, 0) is 26.2 Å². The maximum absolute atomic E-state index is 13.5. The van der Waals surface area contributed by atoms with Crippen LogP contribution in [0.3, 0.4) is 0 Å². The van der Waals surface area contributed by atoms with E-state index in [4.69, 9.17) is 0 Å². The molecule has 0 aromatic heterocycles. The summed E-state index contributed by atoms with van der Waals surface area (Å²) >= 11 is 0. The average Bonchev–Trinajstić information content (AvgIpc) is 2.80. The highest BCUT2D eigenvalue weighted by Gasteiger charge is 2.29. The zero-order valence-electron chi connectivity index (χ0n) is 23.4. The highest BCUT2D eigenvalue weighted by Crippen LogP contribution is 2.22. The molecule has 37 heavy (non-hydrogen) atoms. The number of hydrogen-bond acceptors (Lipinski definition) is 4. The Hall–Kier alpha value is -2.87. The van der Waals surface area contributed by atoms with Gasteiger partial charge in [-0.2, -0.15) is 0 Å². The van der Waals surface area contributed by atoms with Gasteiger partial charge in [-0.25, -0.2) is 8.42 Å². The summed E-state index contributed by atoms with van der Waals surface area (Å²) in [7, 11) is -3.53. The quantitative estimate of drug-likeness (QED) is 0.401. The number of rotatable bonds is 13. The molecule has 0 aliphatic rings. The van der Waals surface area contributed by atoms with Crippen molar-refractivity contribution in [3.8, 4) is 0 Å². The Morgan fingerprint density at radius 1 is 0.946 bits per heavy atom. The molecule has 2 aromatic carbocycles. The summed E-state index contributed by atoms with van der Waals surface area (Å²) in [6, 6.07) is 13.0. The molecule has 0 saturated heterocycles. The molecule has 2 aromatic rings. The molecule has 1 N–H and O–H groups in total. The molecule has 2 amide bonds. The summed E-state index contributed by atoms with van der Waals surface area (Å²) < 4.78 is 26.5. The van der Waals surface area contributed by atoms with Crippen LogP contribution in [-0.4, -0.2) is 50.0 Å². The molecular formula is C29H43N3O4S. The van der Waals surface area contributed by atoms with Gasteiger partial charge in [-0.3, -0.25) is 13.9 Å². The molecular weight excluding hydrogens is 486 g/mol. The maximum atomic E-state index is 13.5. The Kier molecular flexibility index (Phi) is 11.2. The fourth-order valence-electron chi connectivity index (χ4n) is 4.47. The third-order valence-corrected chi connectivity index (χ3v) is 7.66. The van der Waals surface area contributed by atoms with Crippen LogP contribution in [0.5, 0.6) is 0 Å². The Morgan fingerprint density at radius 2 is 1.59 bits per heavy atom. The van der Waals surface area contributed by atoms with Crippen LogP contribution < -0.4 is 9.62 Å². The number of amides is 2. The third kappa shape index (κ3) is 9.18. The molecule has 2 atom stereocenters. The van der Waals surface area contributed by atoms with Gasteiger partial charge < -0.3 is 10.2 Å². The van der Waals surface area contributed by atoms with E-state index in [0.717, 1.165) is 28.7 Å². The first-order valence-electron chi connectivity index (χ1n) is 13.1. The zero-order valence-corrected chi connectivity index (χ0v) is 24.2. The molecule has 204 valence electrons. The zero-order chi connectivity index (χ0) is 27.8. The average molecular weight is 530 g/mol. The monoisotopic (exact) mass is 529 g/mol. The normalized spacial score (nSPS) is 13.1. The molecule has 0 bridgehead atoms. The highest BCUT2D eigenvalue weighted by atomic mass is 32.2. The van der Waals surface area contributed by atoms with Gasteiger partial charge in [0.05, 0.1) is 11.9 Å². The molecule has 8 heteroatoms. The maximum Gasteiger partial charge on any atom is 0.243 e. The molecule has 0 fully saturated rings. The minimum atomic E-state index is -3.53. The first-order valence-corrected chi connectivity index (χ1v) is 14.9. The summed E-state index contributed by atoms with van der Waals surface area (Å²) in [6.07, 6.45) is 2.94. The van der Waals surface area contributed by atoms with Crippen LogP contribution in [0, 0.1) is 20.8 Å². The summed E-state index contributed by atoms with van der Waals surface area (Å²) in [4.78, 5) is 28.3. The lowest BCUT2D eigenvalue weighted by molar-refractivity contribution is -0.141. The van der Waals surface area contributed by atoms with Gasteiger partial charge in [0, 0.05) is 25.6 Å². The van der Waals surface area contributed by atoms with Gasteiger partial charge in [-0.15, -0.1) is 0 Å². The Bertz CT molecular complexity index is 1160. The molecule has 0 saturated carbocycles. The molecule has 0 spiro atoms. The van der Waals surface area contributed by atoms with E-state index in [1.807, 2.05) is 84.0 Å². The number of anilines is 1. The van der Waals surface area contributed by atoms with E-state index in [-0.39, 0.29) is 30.8 Å². The largest absolute Gasteiger partial charge is 0.352 e. The van der Waals surface area contributed by atoms with E-state index in [1.165, 1.54) is 10.6 Å². The number of carbonyl (C=O) groups excluding carboxylic acids is 2. The van der Waals surface area contributed by atoms with Gasteiger partial charge in [-0.05, 0) is 75.8 Å². The molecule has 2 rings (SSSR count). The van der Waals surface area contributed by atoms with Gasteiger partial charge in [-0.1, -0.05) is 49.7 Å². The van der Waals surface area contributed by atoms with Gasteiger partial charge in [0.2, 0.25) is 21.8 Å². The van der Waals surface area contributed by atoms with Crippen molar-refractivity contribution in [1.82, 2.24) is 10.2 Å². The smallest absolute Gasteiger partial charge is 0.243 e. The van der Waals surface area contributed by atoms with Gasteiger partial charge in [0.15, 0.2) is 0 Å². The van der Waals surface area contributed by atoms with Crippen molar-refractivity contribution in [2.24, 2.45) is 0 Å². The Morgan fingerprint density at radius 3 is 2.14 bits per heavy atom. The highest BCUT2D eigenvalue weighted by molar-refractivity contribution is 7.92. The Balaban J connectivity index is 2.25.